The molecule has 7 heteroatoms. The molecule has 3 rings (SSSR count). The molecule has 3 aromatic rings. The predicted octanol–water partition coefficient (Wildman–Crippen LogP) is 6.05. The molecule has 0 aliphatic carbocycles. The zero-order chi connectivity index (χ0) is 27.8. The number of hydrogen-bond donors (Lipinski definition) is 2. The molecule has 0 spiro atoms. The van der Waals surface area contributed by atoms with Crippen LogP contribution in [-0.4, -0.2) is 34.0 Å². The minimum Gasteiger partial charge on any atom is -0.413 e. The van der Waals surface area contributed by atoms with Crippen LogP contribution >= 0.6 is 0 Å². The van der Waals surface area contributed by atoms with Gasteiger partial charge in [-0.1, -0.05) is 66.2 Å². The van der Waals surface area contributed by atoms with E-state index in [0.717, 1.165) is 16.7 Å². The largest absolute Gasteiger partial charge is 0.413 e. The molecule has 0 aliphatic rings. The molecule has 0 heterocycles. The summed E-state index contributed by atoms with van der Waals surface area (Å²) in [5, 5.41) is 12.8. The SMILES string of the molecule is Cc1cc(C)c(S(=O)(=O)NC(C(C)O[Si](C)(C)C)C(O)(c2ccccc2C)c2ccccc2C)c(C)c1. The van der Waals surface area contributed by atoms with Crippen molar-refractivity contribution in [2.24, 2.45) is 0 Å². The standard InChI is InChI=1S/C30H41NO4SSi/c1-20-18-23(4)28(24(5)19-20)36(33,34)31-29(25(6)35-37(7,8)9)30(32,26-16-12-10-14-21(26)2)27-17-13-11-15-22(27)3/h10-19,25,29,31-32H,1-9H3. The molecule has 0 aromatic heterocycles. The summed E-state index contributed by atoms with van der Waals surface area (Å²) in [7, 11) is -6.16. The third-order valence-electron chi connectivity index (χ3n) is 6.73. The molecule has 5 nitrogen and oxygen atoms in total. The fourth-order valence-corrected chi connectivity index (χ4v) is 8.48. The number of rotatable bonds is 9. The van der Waals surface area contributed by atoms with Crippen molar-refractivity contribution in [3.63, 3.8) is 0 Å². The van der Waals surface area contributed by atoms with Gasteiger partial charge < -0.3 is 9.53 Å². The Morgan fingerprint density at radius 1 is 0.811 bits per heavy atom. The minimum atomic E-state index is -4.04. The lowest BCUT2D eigenvalue weighted by Gasteiger charge is -2.43. The molecule has 0 aliphatic heterocycles. The van der Waals surface area contributed by atoms with Crippen molar-refractivity contribution in [3.05, 3.63) is 99.6 Å². The van der Waals surface area contributed by atoms with Gasteiger partial charge in [-0.2, -0.15) is 0 Å². The molecular weight excluding hydrogens is 498 g/mol. The highest BCUT2D eigenvalue weighted by Gasteiger charge is 2.48. The van der Waals surface area contributed by atoms with Gasteiger partial charge in [0.05, 0.1) is 17.0 Å². The zero-order valence-electron chi connectivity index (χ0n) is 23.5. The summed E-state index contributed by atoms with van der Waals surface area (Å²) in [6, 6.07) is 17.9. The average molecular weight is 540 g/mol. The lowest BCUT2D eigenvalue weighted by atomic mass is 9.75. The Kier molecular flexibility index (Phi) is 8.56. The quantitative estimate of drug-likeness (QED) is 0.325. The summed E-state index contributed by atoms with van der Waals surface area (Å²) in [5.74, 6) is 0. The lowest BCUT2D eigenvalue weighted by molar-refractivity contribution is -0.00183. The topological polar surface area (TPSA) is 75.6 Å². The van der Waals surface area contributed by atoms with Crippen LogP contribution < -0.4 is 4.72 Å². The normalized spacial score (nSPS) is 14.4. The maximum absolute atomic E-state index is 14.1. The monoisotopic (exact) mass is 539 g/mol. The van der Waals surface area contributed by atoms with Gasteiger partial charge in [0.2, 0.25) is 10.0 Å². The van der Waals surface area contributed by atoms with E-state index in [-0.39, 0.29) is 4.90 Å². The fourth-order valence-electron chi connectivity index (χ4n) is 5.44. The number of nitrogens with one attached hydrogen (secondary N) is 1. The third kappa shape index (κ3) is 6.24. The molecule has 3 aromatic carbocycles. The van der Waals surface area contributed by atoms with Gasteiger partial charge in [-0.25, -0.2) is 13.1 Å². The summed E-state index contributed by atoms with van der Waals surface area (Å²) in [6.45, 7) is 17.5. The summed E-state index contributed by atoms with van der Waals surface area (Å²) in [5.41, 5.74) is 3.63. The van der Waals surface area contributed by atoms with Crippen LogP contribution in [0.4, 0.5) is 0 Å². The Morgan fingerprint density at radius 2 is 1.24 bits per heavy atom. The number of sulfonamides is 1. The van der Waals surface area contributed by atoms with E-state index in [1.807, 2.05) is 88.4 Å². The van der Waals surface area contributed by atoms with Crippen molar-refractivity contribution in [1.82, 2.24) is 4.72 Å². The van der Waals surface area contributed by atoms with Crippen molar-refractivity contribution in [3.8, 4) is 0 Å². The highest BCUT2D eigenvalue weighted by atomic mass is 32.2. The first-order valence-corrected chi connectivity index (χ1v) is 17.6. The van der Waals surface area contributed by atoms with E-state index in [2.05, 4.69) is 24.4 Å². The number of benzene rings is 3. The first-order chi connectivity index (χ1) is 17.1. The van der Waals surface area contributed by atoms with Gasteiger partial charge in [0.25, 0.3) is 0 Å². The number of hydrogen-bond acceptors (Lipinski definition) is 4. The van der Waals surface area contributed by atoms with E-state index in [1.54, 1.807) is 13.8 Å². The van der Waals surface area contributed by atoms with Crippen LogP contribution in [0.25, 0.3) is 0 Å². The van der Waals surface area contributed by atoms with Crippen molar-refractivity contribution in [2.45, 2.75) is 83.8 Å². The molecule has 2 atom stereocenters. The maximum Gasteiger partial charge on any atom is 0.241 e. The summed E-state index contributed by atoms with van der Waals surface area (Å²) in [6.07, 6.45) is -0.628. The van der Waals surface area contributed by atoms with Crippen LogP contribution in [0.15, 0.2) is 65.6 Å². The van der Waals surface area contributed by atoms with Gasteiger partial charge in [-0.05, 0) is 94.6 Å². The van der Waals surface area contributed by atoms with Gasteiger partial charge in [0.15, 0.2) is 8.32 Å². The first-order valence-electron chi connectivity index (χ1n) is 12.7. The summed E-state index contributed by atoms with van der Waals surface area (Å²) >= 11 is 0. The Hall–Kier alpha value is -2.29. The smallest absolute Gasteiger partial charge is 0.241 e. The van der Waals surface area contributed by atoms with Crippen LogP contribution in [0.3, 0.4) is 0 Å². The Morgan fingerprint density at radius 3 is 1.65 bits per heavy atom. The average Bonchev–Trinajstić information content (AvgIpc) is 2.75. The molecule has 2 unspecified atom stereocenters. The van der Waals surface area contributed by atoms with E-state index in [0.29, 0.717) is 22.3 Å². The highest BCUT2D eigenvalue weighted by Crippen LogP contribution is 2.40. The van der Waals surface area contributed by atoms with Gasteiger partial charge in [0.1, 0.15) is 5.60 Å². The second-order valence-electron chi connectivity index (χ2n) is 11.2. The first kappa shape index (κ1) is 29.3. The van der Waals surface area contributed by atoms with Gasteiger partial charge >= 0.3 is 0 Å². The lowest BCUT2D eigenvalue weighted by Crippen LogP contribution is -2.59. The van der Waals surface area contributed by atoms with Gasteiger partial charge in [-0.3, -0.25) is 0 Å². The molecule has 0 amide bonds. The van der Waals surface area contributed by atoms with Crippen molar-refractivity contribution in [1.29, 1.82) is 0 Å². The molecule has 37 heavy (non-hydrogen) atoms. The highest BCUT2D eigenvalue weighted by molar-refractivity contribution is 7.89. The van der Waals surface area contributed by atoms with E-state index in [1.165, 1.54) is 0 Å². The fraction of sp³-hybridized carbons (Fsp3) is 0.400. The van der Waals surface area contributed by atoms with E-state index in [4.69, 9.17) is 4.43 Å². The van der Waals surface area contributed by atoms with Crippen molar-refractivity contribution >= 4 is 18.3 Å². The molecule has 2 N–H and O–H groups in total. The van der Waals surface area contributed by atoms with Crippen molar-refractivity contribution < 1.29 is 18.0 Å². The zero-order valence-corrected chi connectivity index (χ0v) is 25.3. The van der Waals surface area contributed by atoms with Crippen LogP contribution in [0.1, 0.15) is 45.9 Å². The van der Waals surface area contributed by atoms with Gasteiger partial charge in [-0.15, -0.1) is 0 Å². The Labute approximate surface area is 224 Å². The summed E-state index contributed by atoms with van der Waals surface area (Å²) in [4.78, 5) is 0.236. The summed E-state index contributed by atoms with van der Waals surface area (Å²) < 4.78 is 37.6. The second-order valence-corrected chi connectivity index (χ2v) is 17.3. The molecule has 0 saturated carbocycles. The Bertz CT molecular complexity index is 1310. The van der Waals surface area contributed by atoms with Crippen molar-refractivity contribution in [2.75, 3.05) is 0 Å². The predicted molar refractivity (Wildman–Crippen MR) is 154 cm³/mol. The third-order valence-corrected chi connectivity index (χ3v) is 9.55. The van der Waals surface area contributed by atoms with Crippen LogP contribution in [0.2, 0.25) is 19.6 Å². The minimum absolute atomic E-state index is 0.236. The maximum atomic E-state index is 14.1. The Balaban J connectivity index is 2.33. The number of aryl methyl sites for hydroxylation is 5. The molecular formula is C30H41NO4SSi. The molecule has 0 radical (unpaired) electrons. The molecule has 0 saturated heterocycles. The second kappa shape index (κ2) is 10.8. The number of aliphatic hydroxyl groups is 1. The van der Waals surface area contributed by atoms with Crippen LogP contribution in [0.5, 0.6) is 0 Å². The molecule has 0 bridgehead atoms. The van der Waals surface area contributed by atoms with Crippen LogP contribution in [-0.2, 0) is 20.1 Å². The van der Waals surface area contributed by atoms with Gasteiger partial charge in [0, 0.05) is 0 Å². The van der Waals surface area contributed by atoms with E-state index < -0.39 is 36.1 Å². The van der Waals surface area contributed by atoms with E-state index >= 15 is 0 Å². The van der Waals surface area contributed by atoms with Crippen LogP contribution in [0, 0.1) is 34.6 Å². The molecule has 0 fully saturated rings. The molecule has 200 valence electrons. The van der Waals surface area contributed by atoms with E-state index in [9.17, 15) is 13.5 Å².